The van der Waals surface area contributed by atoms with Crippen LogP contribution in [-0.4, -0.2) is 21.5 Å². The lowest BCUT2D eigenvalue weighted by Gasteiger charge is -2.25. The summed E-state index contributed by atoms with van der Waals surface area (Å²) < 4.78 is 0. The van der Waals surface area contributed by atoms with Crippen molar-refractivity contribution in [3.05, 3.63) is 82.4 Å². The SMILES string of the molecule is Cc1ccc(C#CCN(c2ccc3ncnc(N)c3c2)c2c(Cl)cccc2Cl)nc1. The summed E-state index contributed by atoms with van der Waals surface area (Å²) in [4.78, 5) is 14.6. The van der Waals surface area contributed by atoms with Gasteiger partial charge in [-0.25, -0.2) is 15.0 Å². The second-order valence-electron chi connectivity index (χ2n) is 6.64. The highest BCUT2D eigenvalue weighted by atomic mass is 35.5. The summed E-state index contributed by atoms with van der Waals surface area (Å²) in [7, 11) is 0. The Morgan fingerprint density at radius 3 is 2.53 bits per heavy atom. The maximum atomic E-state index is 6.50. The Hall–Kier alpha value is -3.33. The highest BCUT2D eigenvalue weighted by Crippen LogP contribution is 2.38. The van der Waals surface area contributed by atoms with Gasteiger partial charge in [0.1, 0.15) is 17.8 Å². The number of hydrogen-bond acceptors (Lipinski definition) is 5. The van der Waals surface area contributed by atoms with Crippen LogP contribution < -0.4 is 10.6 Å². The van der Waals surface area contributed by atoms with Crippen molar-refractivity contribution in [2.24, 2.45) is 0 Å². The summed E-state index contributed by atoms with van der Waals surface area (Å²) in [6, 6.07) is 15.0. The Labute approximate surface area is 184 Å². The van der Waals surface area contributed by atoms with E-state index < -0.39 is 0 Å². The number of aromatic nitrogens is 3. The molecular weight excluding hydrogens is 417 g/mol. The quantitative estimate of drug-likeness (QED) is 0.437. The van der Waals surface area contributed by atoms with E-state index in [1.807, 2.05) is 42.2 Å². The summed E-state index contributed by atoms with van der Waals surface area (Å²) in [5, 5.41) is 1.79. The number of hydrogen-bond donors (Lipinski definition) is 1. The molecule has 0 saturated carbocycles. The van der Waals surface area contributed by atoms with Gasteiger partial charge < -0.3 is 10.6 Å². The molecule has 0 atom stereocenters. The maximum Gasteiger partial charge on any atom is 0.134 e. The zero-order valence-corrected chi connectivity index (χ0v) is 17.6. The molecule has 0 radical (unpaired) electrons. The van der Waals surface area contributed by atoms with E-state index >= 15 is 0 Å². The molecule has 2 aromatic carbocycles. The molecule has 5 nitrogen and oxygen atoms in total. The second-order valence-corrected chi connectivity index (χ2v) is 7.45. The van der Waals surface area contributed by atoms with Gasteiger partial charge in [0.05, 0.1) is 27.8 Å². The number of benzene rings is 2. The highest BCUT2D eigenvalue weighted by Gasteiger charge is 2.16. The number of fused-ring (bicyclic) bond motifs is 1. The second kappa shape index (κ2) is 8.58. The molecule has 4 rings (SSSR count). The van der Waals surface area contributed by atoms with E-state index in [0.717, 1.165) is 22.2 Å². The predicted molar refractivity (Wildman–Crippen MR) is 123 cm³/mol. The van der Waals surface area contributed by atoms with Crippen molar-refractivity contribution in [2.75, 3.05) is 17.2 Å². The lowest BCUT2D eigenvalue weighted by molar-refractivity contribution is 1.12. The molecule has 0 aliphatic rings. The lowest BCUT2D eigenvalue weighted by atomic mass is 10.1. The van der Waals surface area contributed by atoms with E-state index in [2.05, 4.69) is 26.8 Å². The molecule has 7 heteroatoms. The number of rotatable bonds is 3. The molecule has 4 aromatic rings. The van der Waals surface area contributed by atoms with Crippen LogP contribution in [0.1, 0.15) is 11.3 Å². The van der Waals surface area contributed by atoms with Crippen molar-refractivity contribution in [3.63, 3.8) is 0 Å². The van der Waals surface area contributed by atoms with Crippen LogP contribution in [0.15, 0.2) is 61.1 Å². The van der Waals surface area contributed by atoms with Gasteiger partial charge in [0.25, 0.3) is 0 Å². The Kier molecular flexibility index (Phi) is 5.71. The standard InChI is InChI=1S/C23H17Cl2N5/c1-15-7-8-16(27-13-15)4-3-11-30(22-19(24)5-2-6-20(22)25)17-9-10-21-18(12-17)23(26)29-14-28-21/h2,5-10,12-14H,11H2,1H3,(H2,26,28,29). The average molecular weight is 434 g/mol. The van der Waals surface area contributed by atoms with E-state index in [1.54, 1.807) is 24.4 Å². The van der Waals surface area contributed by atoms with Crippen LogP contribution in [0.3, 0.4) is 0 Å². The Bertz CT molecular complexity index is 1260. The summed E-state index contributed by atoms with van der Waals surface area (Å²) >= 11 is 13.0. The average Bonchev–Trinajstić information content (AvgIpc) is 2.74. The number of nitrogens with two attached hydrogens (primary N) is 1. The summed E-state index contributed by atoms with van der Waals surface area (Å²) in [6.07, 6.45) is 3.24. The number of aryl methyl sites for hydroxylation is 1. The topological polar surface area (TPSA) is 67.9 Å². The molecule has 0 amide bonds. The third-order valence-electron chi connectivity index (χ3n) is 4.53. The van der Waals surface area contributed by atoms with E-state index in [1.165, 1.54) is 6.33 Å². The largest absolute Gasteiger partial charge is 0.383 e. The normalized spacial score (nSPS) is 10.5. The minimum absolute atomic E-state index is 0.345. The van der Waals surface area contributed by atoms with Crippen molar-refractivity contribution in [1.29, 1.82) is 0 Å². The van der Waals surface area contributed by atoms with Gasteiger partial charge >= 0.3 is 0 Å². The molecule has 0 aliphatic carbocycles. The number of nitrogen functional groups attached to an aromatic ring is 1. The van der Waals surface area contributed by atoms with Gasteiger partial charge in [0.15, 0.2) is 0 Å². The number of anilines is 3. The van der Waals surface area contributed by atoms with Crippen LogP contribution in [0.2, 0.25) is 10.0 Å². The first kappa shape index (κ1) is 20.0. The van der Waals surface area contributed by atoms with Gasteiger partial charge in [0.2, 0.25) is 0 Å². The van der Waals surface area contributed by atoms with Gasteiger partial charge in [-0.2, -0.15) is 0 Å². The molecule has 0 fully saturated rings. The predicted octanol–water partition coefficient (Wildman–Crippen LogP) is 5.41. The molecule has 2 N–H and O–H groups in total. The van der Waals surface area contributed by atoms with Gasteiger partial charge in [-0.05, 0) is 54.8 Å². The third kappa shape index (κ3) is 4.16. The molecule has 2 aromatic heterocycles. The van der Waals surface area contributed by atoms with Gasteiger partial charge in [-0.1, -0.05) is 41.3 Å². The Morgan fingerprint density at radius 1 is 1.00 bits per heavy atom. The molecule has 148 valence electrons. The van der Waals surface area contributed by atoms with Gasteiger partial charge in [-0.3, -0.25) is 0 Å². The van der Waals surface area contributed by atoms with Crippen molar-refractivity contribution < 1.29 is 0 Å². The van der Waals surface area contributed by atoms with Crippen LogP contribution in [0, 0.1) is 18.8 Å². The number of halogens is 2. The summed E-state index contributed by atoms with van der Waals surface area (Å²) in [6.45, 7) is 2.33. The zero-order valence-electron chi connectivity index (χ0n) is 16.1. The van der Waals surface area contributed by atoms with Crippen molar-refractivity contribution in [2.45, 2.75) is 6.92 Å². The first-order valence-corrected chi connectivity index (χ1v) is 9.92. The molecule has 30 heavy (non-hydrogen) atoms. The fourth-order valence-corrected chi connectivity index (χ4v) is 3.63. The van der Waals surface area contributed by atoms with Gasteiger partial charge in [0, 0.05) is 17.3 Å². The first-order chi connectivity index (χ1) is 14.5. The minimum Gasteiger partial charge on any atom is -0.383 e. The molecule has 0 saturated heterocycles. The summed E-state index contributed by atoms with van der Waals surface area (Å²) in [5.41, 5.74) is 10.1. The van der Waals surface area contributed by atoms with Crippen molar-refractivity contribution >= 4 is 51.3 Å². The lowest BCUT2D eigenvalue weighted by Crippen LogP contribution is -2.18. The molecule has 0 aliphatic heterocycles. The monoisotopic (exact) mass is 433 g/mol. The zero-order chi connectivity index (χ0) is 21.1. The molecule has 0 unspecified atom stereocenters. The Balaban J connectivity index is 1.78. The number of para-hydroxylation sites is 1. The van der Waals surface area contributed by atoms with Crippen LogP contribution in [0.25, 0.3) is 10.9 Å². The minimum atomic E-state index is 0.345. The first-order valence-electron chi connectivity index (χ1n) is 9.16. The van der Waals surface area contributed by atoms with Crippen LogP contribution >= 0.6 is 23.2 Å². The van der Waals surface area contributed by atoms with Crippen molar-refractivity contribution in [1.82, 2.24) is 15.0 Å². The van der Waals surface area contributed by atoms with E-state index in [4.69, 9.17) is 28.9 Å². The van der Waals surface area contributed by atoms with Gasteiger partial charge in [-0.15, -0.1) is 0 Å². The fraction of sp³-hybridized carbons (Fsp3) is 0.0870. The van der Waals surface area contributed by atoms with Crippen LogP contribution in [-0.2, 0) is 0 Å². The fourth-order valence-electron chi connectivity index (χ4n) is 3.03. The van der Waals surface area contributed by atoms with E-state index in [9.17, 15) is 0 Å². The van der Waals surface area contributed by atoms with Crippen molar-refractivity contribution in [3.8, 4) is 11.8 Å². The molecular formula is C23H17Cl2N5. The van der Waals surface area contributed by atoms with Crippen LogP contribution in [0.5, 0.6) is 0 Å². The van der Waals surface area contributed by atoms with Crippen LogP contribution in [0.4, 0.5) is 17.2 Å². The third-order valence-corrected chi connectivity index (χ3v) is 5.14. The van der Waals surface area contributed by atoms with E-state index in [0.29, 0.717) is 33.8 Å². The molecule has 0 bridgehead atoms. The molecule has 2 heterocycles. The smallest absolute Gasteiger partial charge is 0.134 e. The maximum absolute atomic E-state index is 6.50. The number of pyridine rings is 1. The molecule has 0 spiro atoms. The highest BCUT2D eigenvalue weighted by molar-refractivity contribution is 6.39. The summed E-state index contributed by atoms with van der Waals surface area (Å²) in [5.74, 6) is 6.66. The Morgan fingerprint density at radius 2 is 1.80 bits per heavy atom. The number of nitrogens with zero attached hydrogens (tertiary/aromatic N) is 4. The van der Waals surface area contributed by atoms with E-state index in [-0.39, 0.29) is 0 Å².